The van der Waals surface area contributed by atoms with Gasteiger partial charge in [0.25, 0.3) is 0 Å². The zero-order chi connectivity index (χ0) is 15.7. The van der Waals surface area contributed by atoms with Crippen molar-refractivity contribution in [3.05, 3.63) is 24.3 Å². The third kappa shape index (κ3) is 6.27. The van der Waals surface area contributed by atoms with Crippen LogP contribution >= 0.6 is 0 Å². The molecule has 0 aromatic heterocycles. The molecule has 6 nitrogen and oxygen atoms in total. The molecule has 1 atom stereocenters. The van der Waals surface area contributed by atoms with E-state index >= 15 is 0 Å². The molecule has 21 heavy (non-hydrogen) atoms. The van der Waals surface area contributed by atoms with Gasteiger partial charge in [-0.1, -0.05) is 6.92 Å². The van der Waals surface area contributed by atoms with E-state index in [1.165, 1.54) is 7.11 Å². The fourth-order valence-corrected chi connectivity index (χ4v) is 1.65. The lowest BCUT2D eigenvalue weighted by Crippen LogP contribution is -2.28. The average molecular weight is 294 g/mol. The Hall–Kier alpha value is -2.08. The Kier molecular flexibility index (Phi) is 7.25. The smallest absolute Gasteiger partial charge is 0.308 e. The van der Waals surface area contributed by atoms with E-state index in [2.05, 4.69) is 15.4 Å². The number of ether oxygens (including phenoxy) is 2. The quantitative estimate of drug-likeness (QED) is 0.709. The molecule has 6 heteroatoms. The van der Waals surface area contributed by atoms with Crippen LogP contribution < -0.4 is 15.4 Å². The molecule has 2 N–H and O–H groups in total. The van der Waals surface area contributed by atoms with E-state index in [1.54, 1.807) is 24.3 Å². The van der Waals surface area contributed by atoms with Crippen LogP contribution in [0.4, 0.5) is 5.69 Å². The summed E-state index contributed by atoms with van der Waals surface area (Å²) in [4.78, 5) is 22.8. The van der Waals surface area contributed by atoms with Crippen molar-refractivity contribution in [1.29, 1.82) is 0 Å². The third-order valence-electron chi connectivity index (χ3n) is 2.88. The molecule has 1 aromatic rings. The molecule has 0 heterocycles. The molecule has 0 saturated heterocycles. The topological polar surface area (TPSA) is 76.7 Å². The first kappa shape index (κ1) is 17.0. The lowest BCUT2D eigenvalue weighted by molar-refractivity contribution is -0.141. The maximum atomic E-state index is 11.8. The molecular weight excluding hydrogens is 272 g/mol. The molecule has 1 aromatic carbocycles. The Morgan fingerprint density at radius 2 is 1.90 bits per heavy atom. The zero-order valence-electron chi connectivity index (χ0n) is 12.6. The Labute approximate surface area is 124 Å². The van der Waals surface area contributed by atoms with Gasteiger partial charge in [0.15, 0.2) is 0 Å². The third-order valence-corrected chi connectivity index (χ3v) is 2.88. The minimum absolute atomic E-state index is 0.0382. The van der Waals surface area contributed by atoms with Crippen molar-refractivity contribution in [2.24, 2.45) is 5.92 Å². The second-order valence-electron chi connectivity index (χ2n) is 4.65. The van der Waals surface area contributed by atoms with Gasteiger partial charge in [-0.2, -0.15) is 0 Å². The first-order valence-electron chi connectivity index (χ1n) is 6.82. The van der Waals surface area contributed by atoms with Crippen molar-refractivity contribution < 1.29 is 19.1 Å². The number of carbonyl (C=O) groups excluding carboxylic acids is 2. The van der Waals surface area contributed by atoms with E-state index < -0.39 is 0 Å². The molecule has 0 saturated carbocycles. The van der Waals surface area contributed by atoms with Crippen molar-refractivity contribution in [3.63, 3.8) is 0 Å². The summed E-state index contributed by atoms with van der Waals surface area (Å²) in [5, 5.41) is 5.79. The summed E-state index contributed by atoms with van der Waals surface area (Å²) in [5.74, 6) is 0.187. The molecule has 1 amide bonds. The highest BCUT2D eigenvalue weighted by Gasteiger charge is 2.11. The molecule has 116 valence electrons. The second-order valence-corrected chi connectivity index (χ2v) is 4.65. The predicted molar refractivity (Wildman–Crippen MR) is 80.3 cm³/mol. The summed E-state index contributed by atoms with van der Waals surface area (Å²) in [6.07, 6.45) is 0.205. The van der Waals surface area contributed by atoms with Crippen LogP contribution in [0.3, 0.4) is 0 Å². The van der Waals surface area contributed by atoms with Crippen LogP contribution in [0.2, 0.25) is 0 Å². The summed E-state index contributed by atoms with van der Waals surface area (Å²) in [6, 6.07) is 7.01. The van der Waals surface area contributed by atoms with Gasteiger partial charge in [0, 0.05) is 18.2 Å². The minimum Gasteiger partial charge on any atom is -0.493 e. The van der Waals surface area contributed by atoms with Gasteiger partial charge in [-0.15, -0.1) is 0 Å². The largest absolute Gasteiger partial charge is 0.493 e. The maximum absolute atomic E-state index is 11.8. The van der Waals surface area contributed by atoms with Crippen LogP contribution in [-0.4, -0.2) is 39.2 Å². The fraction of sp³-hybridized carbons (Fsp3) is 0.467. The van der Waals surface area contributed by atoms with Crippen molar-refractivity contribution in [1.82, 2.24) is 5.32 Å². The van der Waals surface area contributed by atoms with E-state index in [-0.39, 0.29) is 30.8 Å². The number of anilines is 1. The van der Waals surface area contributed by atoms with Crippen LogP contribution in [0.25, 0.3) is 0 Å². The summed E-state index contributed by atoms with van der Waals surface area (Å²) >= 11 is 0. The molecular formula is C15H22N2O4. The van der Waals surface area contributed by atoms with Gasteiger partial charge in [-0.25, -0.2) is 0 Å². The molecule has 0 spiro atoms. The van der Waals surface area contributed by atoms with Gasteiger partial charge in [0.05, 0.1) is 20.1 Å². The second kappa shape index (κ2) is 8.97. The molecule has 1 unspecified atom stereocenters. The fourth-order valence-electron chi connectivity index (χ4n) is 1.65. The summed E-state index contributed by atoms with van der Waals surface area (Å²) < 4.78 is 9.92. The van der Waals surface area contributed by atoms with Crippen LogP contribution in [0, 0.1) is 5.92 Å². The van der Waals surface area contributed by atoms with Gasteiger partial charge in [0.1, 0.15) is 5.75 Å². The van der Waals surface area contributed by atoms with Crippen LogP contribution in [0.1, 0.15) is 13.3 Å². The highest BCUT2D eigenvalue weighted by molar-refractivity contribution is 5.92. The Balaban J connectivity index is 2.43. The first-order valence-corrected chi connectivity index (χ1v) is 6.82. The Morgan fingerprint density at radius 1 is 1.24 bits per heavy atom. The summed E-state index contributed by atoms with van der Waals surface area (Å²) in [7, 11) is 3.15. The normalized spacial score (nSPS) is 11.6. The predicted octanol–water partition coefficient (Wildman–Crippen LogP) is 1.42. The van der Waals surface area contributed by atoms with Crippen molar-refractivity contribution in [3.8, 4) is 5.75 Å². The van der Waals surface area contributed by atoms with Gasteiger partial charge in [0.2, 0.25) is 5.91 Å². The number of rotatable bonds is 8. The van der Waals surface area contributed by atoms with Crippen LogP contribution in [0.5, 0.6) is 5.75 Å². The Morgan fingerprint density at radius 3 is 2.48 bits per heavy atom. The van der Waals surface area contributed by atoms with Gasteiger partial charge in [-0.05, 0) is 31.3 Å². The number of carbonyl (C=O) groups is 2. The maximum Gasteiger partial charge on any atom is 0.308 e. The molecule has 0 aliphatic rings. The summed E-state index contributed by atoms with van der Waals surface area (Å²) in [6.45, 7) is 2.74. The number of nitrogens with one attached hydrogen (secondary N) is 2. The molecule has 0 radical (unpaired) electrons. The number of benzene rings is 1. The summed E-state index contributed by atoms with van der Waals surface area (Å²) in [5.41, 5.74) is 0.711. The minimum atomic E-state index is -0.308. The average Bonchev–Trinajstić information content (AvgIpc) is 2.49. The molecule has 0 aliphatic heterocycles. The standard InChI is InChI=1S/C15H22N2O4/c1-11(10-16-2)15(19)17-12-4-6-13(7-5-12)21-9-8-14(18)20-3/h4-7,11,16H,8-10H2,1-3H3,(H,17,19). The van der Waals surface area contributed by atoms with E-state index in [9.17, 15) is 9.59 Å². The van der Waals surface area contributed by atoms with Crippen molar-refractivity contribution in [2.75, 3.05) is 32.6 Å². The van der Waals surface area contributed by atoms with E-state index in [0.717, 1.165) is 0 Å². The van der Waals surface area contributed by atoms with Crippen LogP contribution in [0.15, 0.2) is 24.3 Å². The SMILES string of the molecule is CNCC(C)C(=O)Nc1ccc(OCCC(=O)OC)cc1. The number of esters is 1. The number of methoxy groups -OCH3 is 1. The van der Waals surface area contributed by atoms with Crippen molar-refractivity contribution >= 4 is 17.6 Å². The number of amides is 1. The molecule has 1 rings (SSSR count). The Bertz CT molecular complexity index is 459. The lowest BCUT2D eigenvalue weighted by Gasteiger charge is -2.12. The number of hydrogen-bond acceptors (Lipinski definition) is 5. The van der Waals surface area contributed by atoms with Gasteiger partial charge < -0.3 is 20.1 Å². The van der Waals surface area contributed by atoms with Gasteiger partial charge in [-0.3, -0.25) is 9.59 Å². The molecule has 0 fully saturated rings. The van der Waals surface area contributed by atoms with E-state index in [1.807, 2.05) is 14.0 Å². The zero-order valence-corrected chi connectivity index (χ0v) is 12.6. The molecule has 0 bridgehead atoms. The monoisotopic (exact) mass is 294 g/mol. The molecule has 0 aliphatic carbocycles. The lowest BCUT2D eigenvalue weighted by atomic mass is 10.1. The van der Waals surface area contributed by atoms with Gasteiger partial charge >= 0.3 is 5.97 Å². The first-order chi connectivity index (χ1) is 10.1. The van der Waals surface area contributed by atoms with E-state index in [4.69, 9.17) is 4.74 Å². The highest BCUT2D eigenvalue weighted by Crippen LogP contribution is 2.16. The number of hydrogen-bond donors (Lipinski definition) is 2. The van der Waals surface area contributed by atoms with Crippen molar-refractivity contribution in [2.45, 2.75) is 13.3 Å². The highest BCUT2D eigenvalue weighted by atomic mass is 16.5. The van der Waals surface area contributed by atoms with Crippen LogP contribution in [-0.2, 0) is 14.3 Å². The van der Waals surface area contributed by atoms with E-state index in [0.29, 0.717) is 18.0 Å².